The van der Waals surface area contributed by atoms with Crippen LogP contribution in [0, 0.1) is 11.3 Å². The van der Waals surface area contributed by atoms with Crippen LogP contribution in [-0.4, -0.2) is 113 Å². The van der Waals surface area contributed by atoms with Gasteiger partial charge in [0.2, 0.25) is 17.7 Å². The molecule has 3 aliphatic heterocycles. The van der Waals surface area contributed by atoms with Crippen LogP contribution >= 0.6 is 0 Å². The number of likely N-dealkylation sites (tertiary alicyclic amines) is 3. The molecule has 3 rings (SSSR count). The average molecular weight is 534 g/mol. The van der Waals surface area contributed by atoms with E-state index in [0.717, 1.165) is 50.9 Å². The van der Waals surface area contributed by atoms with Gasteiger partial charge in [-0.3, -0.25) is 19.3 Å². The molecule has 216 valence electrons. The molecule has 3 aliphatic rings. The molecule has 38 heavy (non-hydrogen) atoms. The van der Waals surface area contributed by atoms with Gasteiger partial charge in [0.05, 0.1) is 18.2 Å². The van der Waals surface area contributed by atoms with E-state index in [1.54, 1.807) is 11.0 Å². The number of likely N-dealkylation sites (N-methyl/N-ethyl adjacent to an activating group) is 2. The lowest BCUT2D eigenvalue weighted by Crippen LogP contribution is -2.60. The number of aliphatic hydroxyl groups is 1. The first-order chi connectivity index (χ1) is 17.8. The molecule has 0 aromatic carbocycles. The zero-order valence-corrected chi connectivity index (χ0v) is 24.7. The zero-order valence-electron chi connectivity index (χ0n) is 24.7. The van der Waals surface area contributed by atoms with Crippen LogP contribution < -0.4 is 5.32 Å². The number of amides is 3. The Labute approximate surface area is 229 Å². The Morgan fingerprint density at radius 2 is 1.82 bits per heavy atom. The van der Waals surface area contributed by atoms with Crippen molar-refractivity contribution in [3.8, 4) is 0 Å². The highest BCUT2D eigenvalue weighted by molar-refractivity contribution is 5.90. The van der Waals surface area contributed by atoms with Crippen LogP contribution in [0.25, 0.3) is 0 Å². The molecule has 3 amide bonds. The largest absolute Gasteiger partial charge is 0.391 e. The number of aliphatic hydroxyl groups excluding tert-OH is 1. The number of allylic oxidation sites excluding steroid dienone is 1. The molecule has 3 saturated heterocycles. The summed E-state index contributed by atoms with van der Waals surface area (Å²) in [5, 5.41) is 12.9. The van der Waals surface area contributed by atoms with E-state index in [0.29, 0.717) is 26.1 Å². The molecule has 0 aromatic heterocycles. The molecular weight excluding hydrogens is 482 g/mol. The quantitative estimate of drug-likeness (QED) is 0.464. The van der Waals surface area contributed by atoms with E-state index in [1.165, 1.54) is 0 Å². The molecule has 0 saturated carbocycles. The number of carbonyl (C=O) groups is 3. The highest BCUT2D eigenvalue weighted by atomic mass is 16.3. The number of carbonyl (C=O) groups excluding carboxylic acids is 3. The Morgan fingerprint density at radius 1 is 1.11 bits per heavy atom. The van der Waals surface area contributed by atoms with Gasteiger partial charge in [-0.25, -0.2) is 0 Å². The summed E-state index contributed by atoms with van der Waals surface area (Å²) in [7, 11) is 3.83. The van der Waals surface area contributed by atoms with Crippen molar-refractivity contribution in [1.29, 1.82) is 0 Å². The lowest BCUT2D eigenvalue weighted by atomic mass is 9.84. The van der Waals surface area contributed by atoms with Gasteiger partial charge in [0, 0.05) is 45.0 Å². The maximum Gasteiger partial charge on any atom is 0.248 e. The van der Waals surface area contributed by atoms with Gasteiger partial charge < -0.3 is 25.1 Å². The highest BCUT2D eigenvalue weighted by Gasteiger charge is 2.40. The van der Waals surface area contributed by atoms with E-state index in [9.17, 15) is 19.5 Å². The van der Waals surface area contributed by atoms with Gasteiger partial charge in [-0.15, -0.1) is 0 Å². The van der Waals surface area contributed by atoms with Gasteiger partial charge >= 0.3 is 0 Å². The van der Waals surface area contributed by atoms with E-state index in [2.05, 4.69) is 29.0 Å². The number of nitrogens with zero attached hydrogens (tertiary/aromatic N) is 4. The second kappa shape index (κ2) is 12.8. The predicted molar refractivity (Wildman–Crippen MR) is 149 cm³/mol. The Bertz CT molecular complexity index is 883. The third kappa shape index (κ3) is 7.50. The molecule has 0 aliphatic carbocycles. The molecule has 9 heteroatoms. The third-order valence-corrected chi connectivity index (χ3v) is 8.53. The molecule has 0 aromatic rings. The van der Waals surface area contributed by atoms with Crippen molar-refractivity contribution < 1.29 is 19.5 Å². The van der Waals surface area contributed by atoms with Gasteiger partial charge in [-0.1, -0.05) is 41.0 Å². The van der Waals surface area contributed by atoms with E-state index in [1.807, 2.05) is 39.8 Å². The normalized spacial score (nSPS) is 25.7. The maximum absolute atomic E-state index is 14.0. The van der Waals surface area contributed by atoms with E-state index in [-0.39, 0.29) is 35.7 Å². The number of nitrogens with one attached hydrogen (secondary N) is 1. The van der Waals surface area contributed by atoms with Crippen LogP contribution in [0.2, 0.25) is 0 Å². The molecule has 0 bridgehead atoms. The SMILES string of the molecule is CC(C)[C@@H](CN1CCC/C1=C/C(=O)N1CCC(O)C1)N(C)C(=O)C(NC(=O)C1CCCCN1C)C(C)(C)C. The number of hydrogen-bond acceptors (Lipinski definition) is 6. The molecule has 4 atom stereocenters. The molecule has 3 unspecified atom stereocenters. The van der Waals surface area contributed by atoms with Crippen LogP contribution in [0.4, 0.5) is 0 Å². The maximum atomic E-state index is 14.0. The summed E-state index contributed by atoms with van der Waals surface area (Å²) in [5.74, 6) is 0.00773. The van der Waals surface area contributed by atoms with Gasteiger partial charge in [0.1, 0.15) is 6.04 Å². The second-order valence-corrected chi connectivity index (χ2v) is 13.0. The van der Waals surface area contributed by atoms with Crippen molar-refractivity contribution in [3.63, 3.8) is 0 Å². The molecule has 0 spiro atoms. The zero-order chi connectivity index (χ0) is 28.2. The average Bonchev–Trinajstić information content (AvgIpc) is 3.47. The molecule has 3 fully saturated rings. The summed E-state index contributed by atoms with van der Waals surface area (Å²) in [6, 6.07) is -0.903. The topological polar surface area (TPSA) is 96.4 Å². The van der Waals surface area contributed by atoms with Crippen molar-refractivity contribution in [2.24, 2.45) is 11.3 Å². The first-order valence-electron chi connectivity index (χ1n) is 14.5. The summed E-state index contributed by atoms with van der Waals surface area (Å²) in [6.07, 6.45) is 6.66. The fraction of sp³-hybridized carbons (Fsp3) is 0.828. The van der Waals surface area contributed by atoms with Crippen molar-refractivity contribution in [1.82, 2.24) is 24.9 Å². The van der Waals surface area contributed by atoms with Gasteiger partial charge in [-0.05, 0) is 57.0 Å². The van der Waals surface area contributed by atoms with Gasteiger partial charge in [-0.2, -0.15) is 0 Å². The van der Waals surface area contributed by atoms with Crippen LogP contribution in [0.1, 0.15) is 73.1 Å². The fourth-order valence-electron chi connectivity index (χ4n) is 5.97. The van der Waals surface area contributed by atoms with Crippen molar-refractivity contribution in [3.05, 3.63) is 11.8 Å². The number of β-amino-alcohol motifs (C(OH)–C–C–N with tert-alkyl or cyclic N) is 1. The summed E-state index contributed by atoms with van der Waals surface area (Å²) in [6.45, 7) is 13.6. The standard InChI is InChI=1S/C29H51N5O4/c1-20(2)24(19-33-15-10-11-21(33)17-25(36)34-16-13-22(35)18-34)32(7)28(38)26(29(3,4)5)30-27(37)23-12-8-9-14-31(23)6/h17,20,22-24,26,35H,8-16,18-19H2,1-7H3,(H,30,37)/b21-17-/t22?,23?,24-,26?/m1/s1. The second-order valence-electron chi connectivity index (χ2n) is 13.0. The summed E-state index contributed by atoms with van der Waals surface area (Å²) < 4.78 is 0. The number of rotatable bonds is 8. The van der Waals surface area contributed by atoms with E-state index >= 15 is 0 Å². The fourth-order valence-corrected chi connectivity index (χ4v) is 5.97. The lowest BCUT2D eigenvalue weighted by molar-refractivity contribution is -0.142. The van der Waals surface area contributed by atoms with Crippen molar-refractivity contribution in [2.75, 3.05) is 46.8 Å². The number of hydrogen-bond donors (Lipinski definition) is 2. The van der Waals surface area contributed by atoms with Crippen LogP contribution in [0.5, 0.6) is 0 Å². The van der Waals surface area contributed by atoms with Crippen molar-refractivity contribution in [2.45, 2.75) is 97.4 Å². The minimum atomic E-state index is -0.631. The van der Waals surface area contributed by atoms with Crippen LogP contribution in [0.3, 0.4) is 0 Å². The first-order valence-corrected chi connectivity index (χ1v) is 14.5. The summed E-state index contributed by atoms with van der Waals surface area (Å²) >= 11 is 0. The monoisotopic (exact) mass is 533 g/mol. The summed E-state index contributed by atoms with van der Waals surface area (Å²) in [5.41, 5.74) is 0.560. The van der Waals surface area contributed by atoms with Crippen LogP contribution in [-0.2, 0) is 14.4 Å². The minimum Gasteiger partial charge on any atom is -0.391 e. The van der Waals surface area contributed by atoms with E-state index < -0.39 is 17.6 Å². The Kier molecular flexibility index (Phi) is 10.3. The highest BCUT2D eigenvalue weighted by Crippen LogP contribution is 2.27. The van der Waals surface area contributed by atoms with Gasteiger partial charge in [0.25, 0.3) is 0 Å². The molecular formula is C29H51N5O4. The van der Waals surface area contributed by atoms with E-state index in [4.69, 9.17) is 0 Å². The first kappa shape index (κ1) is 30.4. The molecule has 3 heterocycles. The minimum absolute atomic E-state index is 0.0443. The number of piperidine rings is 1. The predicted octanol–water partition coefficient (Wildman–Crippen LogP) is 2.06. The molecule has 2 N–H and O–H groups in total. The smallest absolute Gasteiger partial charge is 0.248 e. The third-order valence-electron chi connectivity index (χ3n) is 8.53. The summed E-state index contributed by atoms with van der Waals surface area (Å²) in [4.78, 5) is 47.9. The Hall–Kier alpha value is -2.13. The molecule has 9 nitrogen and oxygen atoms in total. The van der Waals surface area contributed by atoms with Crippen molar-refractivity contribution >= 4 is 17.7 Å². The Balaban J connectivity index is 1.72. The van der Waals surface area contributed by atoms with Gasteiger partial charge in [0.15, 0.2) is 0 Å². The van der Waals surface area contributed by atoms with Crippen LogP contribution in [0.15, 0.2) is 11.8 Å². The Morgan fingerprint density at radius 3 is 2.39 bits per heavy atom. The lowest BCUT2D eigenvalue weighted by Gasteiger charge is -2.41. The molecule has 0 radical (unpaired) electrons.